The van der Waals surface area contributed by atoms with Crippen LogP contribution >= 0.6 is 11.8 Å². The van der Waals surface area contributed by atoms with Gasteiger partial charge in [0, 0.05) is 17.2 Å². The van der Waals surface area contributed by atoms with Crippen molar-refractivity contribution >= 4 is 23.6 Å². The van der Waals surface area contributed by atoms with Crippen LogP contribution in [0.3, 0.4) is 0 Å². The van der Waals surface area contributed by atoms with Crippen LogP contribution in [0.1, 0.15) is 17.5 Å². The number of carbonyl (C=O) groups excluding carboxylic acids is 2. The summed E-state index contributed by atoms with van der Waals surface area (Å²) in [6.45, 7) is 2.26. The lowest BCUT2D eigenvalue weighted by Crippen LogP contribution is -2.30. The van der Waals surface area contributed by atoms with Gasteiger partial charge in [-0.25, -0.2) is 4.39 Å². The summed E-state index contributed by atoms with van der Waals surface area (Å²) >= 11 is 1.44. The van der Waals surface area contributed by atoms with E-state index < -0.39 is 5.97 Å². The van der Waals surface area contributed by atoms with Crippen molar-refractivity contribution in [1.82, 2.24) is 5.32 Å². The first-order valence-electron chi connectivity index (χ1n) is 8.40. The third-order valence-electron chi connectivity index (χ3n) is 3.73. The van der Waals surface area contributed by atoms with Crippen LogP contribution in [0.4, 0.5) is 4.39 Å². The summed E-state index contributed by atoms with van der Waals surface area (Å²) in [5, 5.41) is 2.74. The summed E-state index contributed by atoms with van der Waals surface area (Å²) in [6.07, 6.45) is 0.930. The van der Waals surface area contributed by atoms with Gasteiger partial charge in [-0.15, -0.1) is 11.8 Å². The Morgan fingerprint density at radius 3 is 2.58 bits per heavy atom. The maximum atomic E-state index is 12.8. The van der Waals surface area contributed by atoms with Gasteiger partial charge >= 0.3 is 5.97 Å². The molecule has 0 bridgehead atoms. The van der Waals surface area contributed by atoms with Crippen molar-refractivity contribution in [2.24, 2.45) is 0 Å². The van der Waals surface area contributed by atoms with Crippen LogP contribution in [0, 0.1) is 12.7 Å². The van der Waals surface area contributed by atoms with Crippen LogP contribution in [0.5, 0.6) is 0 Å². The van der Waals surface area contributed by atoms with Gasteiger partial charge in [-0.3, -0.25) is 9.59 Å². The molecule has 0 fully saturated rings. The van der Waals surface area contributed by atoms with Gasteiger partial charge in [-0.1, -0.05) is 24.3 Å². The molecule has 0 atom stereocenters. The van der Waals surface area contributed by atoms with E-state index in [0.29, 0.717) is 12.3 Å². The molecule has 2 aromatic carbocycles. The third kappa shape index (κ3) is 7.27. The van der Waals surface area contributed by atoms with Crippen LogP contribution in [-0.2, 0) is 20.7 Å². The highest BCUT2D eigenvalue weighted by Crippen LogP contribution is 2.18. The third-order valence-corrected chi connectivity index (χ3v) is 4.74. The Labute approximate surface area is 157 Å². The van der Waals surface area contributed by atoms with Crippen molar-refractivity contribution in [3.05, 3.63) is 65.5 Å². The average molecular weight is 375 g/mol. The van der Waals surface area contributed by atoms with E-state index in [1.54, 1.807) is 12.1 Å². The molecule has 0 heterocycles. The Bertz CT molecular complexity index is 734. The molecule has 0 aliphatic carbocycles. The molecule has 0 aromatic heterocycles. The van der Waals surface area contributed by atoms with Crippen molar-refractivity contribution in [3.8, 4) is 0 Å². The molecule has 2 rings (SSSR count). The lowest BCUT2D eigenvalue weighted by atomic mass is 10.1. The quantitative estimate of drug-likeness (QED) is 0.538. The summed E-state index contributed by atoms with van der Waals surface area (Å²) in [5.41, 5.74) is 2.37. The van der Waals surface area contributed by atoms with Crippen molar-refractivity contribution in [3.63, 3.8) is 0 Å². The molecule has 0 aliphatic heterocycles. The standard InChI is InChI=1S/C20H22FNO3S/c1-15-4-2-3-5-16(15)10-12-22-19(23)14-25-20(24)11-13-26-18-8-6-17(21)7-9-18/h2-9H,10-14H2,1H3,(H,22,23). The number of rotatable bonds is 9. The highest BCUT2D eigenvalue weighted by atomic mass is 32.2. The molecule has 0 saturated carbocycles. The monoisotopic (exact) mass is 375 g/mol. The van der Waals surface area contributed by atoms with Gasteiger partial charge in [0.2, 0.25) is 0 Å². The van der Waals surface area contributed by atoms with Crippen LogP contribution in [0.2, 0.25) is 0 Å². The first-order chi connectivity index (χ1) is 12.5. The number of halogens is 1. The summed E-state index contributed by atoms with van der Waals surface area (Å²) in [7, 11) is 0. The number of carbonyl (C=O) groups is 2. The van der Waals surface area contributed by atoms with E-state index >= 15 is 0 Å². The molecule has 4 nitrogen and oxygen atoms in total. The van der Waals surface area contributed by atoms with Crippen molar-refractivity contribution in [2.45, 2.75) is 24.7 Å². The van der Waals surface area contributed by atoms with Crippen LogP contribution in [0.15, 0.2) is 53.4 Å². The average Bonchev–Trinajstić information content (AvgIpc) is 2.63. The van der Waals surface area contributed by atoms with Gasteiger partial charge in [0.25, 0.3) is 5.91 Å². The zero-order chi connectivity index (χ0) is 18.8. The number of aryl methyl sites for hydroxylation is 1. The van der Waals surface area contributed by atoms with E-state index in [4.69, 9.17) is 4.74 Å². The van der Waals surface area contributed by atoms with Gasteiger partial charge in [0.15, 0.2) is 6.61 Å². The lowest BCUT2D eigenvalue weighted by Gasteiger charge is -2.08. The molecule has 138 valence electrons. The second-order valence-electron chi connectivity index (χ2n) is 5.74. The topological polar surface area (TPSA) is 55.4 Å². The Morgan fingerprint density at radius 2 is 1.85 bits per heavy atom. The Hall–Kier alpha value is -2.34. The second kappa shape index (κ2) is 10.6. The van der Waals surface area contributed by atoms with Gasteiger partial charge in [-0.05, 0) is 48.7 Å². The Balaban J connectivity index is 1.57. The molecule has 2 aromatic rings. The minimum Gasteiger partial charge on any atom is -0.456 e. The van der Waals surface area contributed by atoms with Gasteiger partial charge in [0.05, 0.1) is 6.42 Å². The largest absolute Gasteiger partial charge is 0.456 e. The fourth-order valence-electron chi connectivity index (χ4n) is 2.28. The predicted molar refractivity (Wildman–Crippen MR) is 101 cm³/mol. The fraction of sp³-hybridized carbons (Fsp3) is 0.300. The minimum atomic E-state index is -0.423. The molecule has 0 spiro atoms. The van der Waals surface area contributed by atoms with Crippen molar-refractivity contribution < 1.29 is 18.7 Å². The van der Waals surface area contributed by atoms with Crippen LogP contribution in [-0.4, -0.2) is 30.8 Å². The molecule has 0 saturated heterocycles. The number of esters is 1. The summed E-state index contributed by atoms with van der Waals surface area (Å²) in [5.74, 6) is -0.506. The number of nitrogens with one attached hydrogen (secondary N) is 1. The number of hydrogen-bond acceptors (Lipinski definition) is 4. The molecular formula is C20H22FNO3S. The molecule has 1 amide bonds. The lowest BCUT2D eigenvalue weighted by molar-refractivity contribution is -0.148. The first-order valence-corrected chi connectivity index (χ1v) is 9.38. The predicted octanol–water partition coefficient (Wildman–Crippen LogP) is 3.52. The number of amides is 1. The van der Waals surface area contributed by atoms with E-state index in [0.717, 1.165) is 11.3 Å². The maximum Gasteiger partial charge on any atom is 0.307 e. The molecular weight excluding hydrogens is 353 g/mol. The number of benzene rings is 2. The molecule has 0 radical (unpaired) electrons. The van der Waals surface area contributed by atoms with Crippen LogP contribution < -0.4 is 5.32 Å². The molecule has 0 unspecified atom stereocenters. The van der Waals surface area contributed by atoms with Gasteiger partial charge < -0.3 is 10.1 Å². The van der Waals surface area contributed by atoms with E-state index in [-0.39, 0.29) is 24.8 Å². The number of thioether (sulfide) groups is 1. The smallest absolute Gasteiger partial charge is 0.307 e. The highest BCUT2D eigenvalue weighted by molar-refractivity contribution is 7.99. The molecule has 6 heteroatoms. The van der Waals surface area contributed by atoms with E-state index in [9.17, 15) is 14.0 Å². The summed E-state index contributed by atoms with van der Waals surface area (Å²) in [6, 6.07) is 14.1. The van der Waals surface area contributed by atoms with Crippen LogP contribution in [0.25, 0.3) is 0 Å². The number of hydrogen-bond donors (Lipinski definition) is 1. The van der Waals surface area contributed by atoms with E-state index in [1.165, 1.54) is 35.0 Å². The zero-order valence-corrected chi connectivity index (χ0v) is 15.5. The van der Waals surface area contributed by atoms with Crippen molar-refractivity contribution in [2.75, 3.05) is 18.9 Å². The van der Waals surface area contributed by atoms with Gasteiger partial charge in [-0.2, -0.15) is 0 Å². The zero-order valence-electron chi connectivity index (χ0n) is 14.7. The Morgan fingerprint density at radius 1 is 1.12 bits per heavy atom. The Kier molecular flexibility index (Phi) is 8.15. The fourth-order valence-corrected chi connectivity index (χ4v) is 3.11. The maximum absolute atomic E-state index is 12.8. The summed E-state index contributed by atoms with van der Waals surface area (Å²) in [4.78, 5) is 24.3. The molecule has 0 aliphatic rings. The minimum absolute atomic E-state index is 0.193. The van der Waals surface area contributed by atoms with E-state index in [1.807, 2.05) is 31.2 Å². The number of ether oxygens (including phenoxy) is 1. The molecule has 1 N–H and O–H groups in total. The van der Waals surface area contributed by atoms with Gasteiger partial charge in [0.1, 0.15) is 5.82 Å². The van der Waals surface area contributed by atoms with E-state index in [2.05, 4.69) is 5.32 Å². The van der Waals surface area contributed by atoms with Crippen molar-refractivity contribution in [1.29, 1.82) is 0 Å². The summed E-state index contributed by atoms with van der Waals surface area (Å²) < 4.78 is 17.8. The normalized spacial score (nSPS) is 10.4. The first kappa shape index (κ1) is 20.0. The SMILES string of the molecule is Cc1ccccc1CCNC(=O)COC(=O)CCSc1ccc(F)cc1. The molecule has 26 heavy (non-hydrogen) atoms. The second-order valence-corrected chi connectivity index (χ2v) is 6.91. The highest BCUT2D eigenvalue weighted by Gasteiger charge is 2.08.